The summed E-state index contributed by atoms with van der Waals surface area (Å²) < 4.78 is 11.8. The molecule has 1 atom stereocenters. The maximum absolute atomic E-state index is 12.8. The van der Waals surface area contributed by atoms with E-state index >= 15 is 0 Å². The molecule has 8 nitrogen and oxygen atoms in total. The number of hydrogen-bond donors (Lipinski definition) is 1. The molecule has 1 amide bonds. The molecule has 1 saturated heterocycles. The molecule has 3 rings (SSSR count). The van der Waals surface area contributed by atoms with Crippen molar-refractivity contribution >= 4 is 11.9 Å². The smallest absolute Gasteiger partial charge is 0.356 e. The van der Waals surface area contributed by atoms with E-state index in [-0.39, 0.29) is 23.4 Å². The molecule has 0 spiro atoms. The predicted octanol–water partition coefficient (Wildman–Crippen LogP) is 1.87. The maximum atomic E-state index is 12.8. The average molecular weight is 371 g/mol. The van der Waals surface area contributed by atoms with Crippen LogP contribution in [0.5, 0.6) is 5.75 Å². The molecule has 1 aromatic heterocycles. The molecule has 1 aliphatic rings. The lowest BCUT2D eigenvalue weighted by Crippen LogP contribution is -2.56. The number of nitrogens with zero attached hydrogens (tertiary/aromatic N) is 3. The second-order valence-corrected chi connectivity index (χ2v) is 6.90. The molecule has 1 fully saturated rings. The van der Waals surface area contributed by atoms with Gasteiger partial charge in [0.05, 0.1) is 24.5 Å². The Hall–Kier alpha value is -3.00. The zero-order valence-corrected chi connectivity index (χ0v) is 15.2. The van der Waals surface area contributed by atoms with Crippen molar-refractivity contribution < 1.29 is 24.2 Å². The van der Waals surface area contributed by atoms with Crippen LogP contribution < -0.4 is 4.74 Å². The molecule has 0 radical (unpaired) electrons. The van der Waals surface area contributed by atoms with Crippen LogP contribution in [0.4, 0.5) is 0 Å². The van der Waals surface area contributed by atoms with Gasteiger partial charge in [-0.05, 0) is 26.0 Å². The zero-order chi connectivity index (χ0) is 19.4. The van der Waals surface area contributed by atoms with Gasteiger partial charge in [-0.1, -0.05) is 18.2 Å². The Bertz CT molecular complexity index is 808. The molecule has 142 valence electrons. The first-order valence-corrected chi connectivity index (χ1v) is 8.54. The molecule has 1 N–H and O–H groups in total. The summed E-state index contributed by atoms with van der Waals surface area (Å²) in [7, 11) is 0. The van der Waals surface area contributed by atoms with E-state index in [0.717, 1.165) is 11.9 Å². The fraction of sp³-hybridized carbons (Fsp3) is 0.368. The van der Waals surface area contributed by atoms with Gasteiger partial charge < -0.3 is 19.5 Å². The lowest BCUT2D eigenvalue weighted by atomic mass is 10.0. The molecule has 2 heterocycles. The predicted molar refractivity (Wildman–Crippen MR) is 95.8 cm³/mol. The Morgan fingerprint density at radius 1 is 1.22 bits per heavy atom. The molecule has 27 heavy (non-hydrogen) atoms. The number of carboxylic acid groups (broad SMARTS) is 1. The molecular weight excluding hydrogens is 350 g/mol. The van der Waals surface area contributed by atoms with Gasteiger partial charge >= 0.3 is 5.97 Å². The van der Waals surface area contributed by atoms with Crippen LogP contribution >= 0.6 is 0 Å². The summed E-state index contributed by atoms with van der Waals surface area (Å²) in [5, 5.41) is 8.89. The minimum Gasteiger partial charge on any atom is -0.491 e. The zero-order valence-electron chi connectivity index (χ0n) is 15.2. The molecular formula is C19H21N3O5. The molecule has 0 bridgehead atoms. The third kappa shape index (κ3) is 4.79. The summed E-state index contributed by atoms with van der Waals surface area (Å²) in [6.45, 7) is 4.84. The highest BCUT2D eigenvalue weighted by atomic mass is 16.5. The van der Waals surface area contributed by atoms with Gasteiger partial charge in [0.2, 0.25) is 0 Å². The number of carboxylic acids is 1. The van der Waals surface area contributed by atoms with Gasteiger partial charge in [-0.3, -0.25) is 4.79 Å². The number of para-hydroxylation sites is 1. The van der Waals surface area contributed by atoms with Crippen molar-refractivity contribution in [1.82, 2.24) is 14.9 Å². The Balaban J connectivity index is 1.68. The van der Waals surface area contributed by atoms with E-state index in [0.29, 0.717) is 19.7 Å². The van der Waals surface area contributed by atoms with Crippen LogP contribution in [0, 0.1) is 0 Å². The number of benzene rings is 1. The van der Waals surface area contributed by atoms with Crippen molar-refractivity contribution in [2.24, 2.45) is 0 Å². The summed E-state index contributed by atoms with van der Waals surface area (Å²) in [4.78, 5) is 33.0. The quantitative estimate of drug-likeness (QED) is 0.856. The summed E-state index contributed by atoms with van der Waals surface area (Å²) >= 11 is 0. The Labute approximate surface area is 156 Å². The molecule has 0 aliphatic carbocycles. The normalized spacial score (nSPS) is 18.7. The van der Waals surface area contributed by atoms with Gasteiger partial charge in [-0.25, -0.2) is 14.8 Å². The van der Waals surface area contributed by atoms with Gasteiger partial charge in [-0.15, -0.1) is 0 Å². The number of rotatable bonds is 5. The van der Waals surface area contributed by atoms with E-state index in [4.69, 9.17) is 14.6 Å². The Morgan fingerprint density at radius 2 is 1.89 bits per heavy atom. The monoisotopic (exact) mass is 371 g/mol. The average Bonchev–Trinajstić information content (AvgIpc) is 2.65. The van der Waals surface area contributed by atoms with E-state index in [1.165, 1.54) is 6.20 Å². The van der Waals surface area contributed by atoms with Gasteiger partial charge in [-0.2, -0.15) is 0 Å². The van der Waals surface area contributed by atoms with Crippen molar-refractivity contribution in [3.05, 3.63) is 54.1 Å². The molecule has 2 aromatic rings. The lowest BCUT2D eigenvalue weighted by molar-refractivity contribution is -0.136. The number of hydrogen-bond acceptors (Lipinski definition) is 6. The van der Waals surface area contributed by atoms with Crippen LogP contribution in [0.15, 0.2) is 42.7 Å². The number of aromatic carboxylic acids is 1. The fourth-order valence-corrected chi connectivity index (χ4v) is 2.95. The van der Waals surface area contributed by atoms with Crippen LogP contribution in [0.1, 0.15) is 34.8 Å². The maximum Gasteiger partial charge on any atom is 0.356 e. The number of ether oxygens (including phenoxy) is 2. The Kier molecular flexibility index (Phi) is 5.36. The molecule has 1 unspecified atom stereocenters. The van der Waals surface area contributed by atoms with Crippen molar-refractivity contribution in [1.29, 1.82) is 0 Å². The van der Waals surface area contributed by atoms with E-state index in [1.807, 2.05) is 44.2 Å². The summed E-state index contributed by atoms with van der Waals surface area (Å²) in [6.07, 6.45) is 1.96. The molecule has 0 saturated carbocycles. The first-order valence-electron chi connectivity index (χ1n) is 8.54. The first-order chi connectivity index (χ1) is 12.8. The van der Waals surface area contributed by atoms with Crippen LogP contribution in [-0.4, -0.2) is 63.3 Å². The number of amides is 1. The topological polar surface area (TPSA) is 102 Å². The van der Waals surface area contributed by atoms with Crippen LogP contribution in [0.3, 0.4) is 0 Å². The number of morpholine rings is 1. The highest BCUT2D eigenvalue weighted by Crippen LogP contribution is 2.23. The fourth-order valence-electron chi connectivity index (χ4n) is 2.95. The molecule has 1 aromatic carbocycles. The minimum atomic E-state index is -1.19. The van der Waals surface area contributed by atoms with E-state index < -0.39 is 11.6 Å². The lowest BCUT2D eigenvalue weighted by Gasteiger charge is -2.42. The van der Waals surface area contributed by atoms with E-state index in [1.54, 1.807) is 4.90 Å². The summed E-state index contributed by atoms with van der Waals surface area (Å²) in [6, 6.07) is 9.39. The van der Waals surface area contributed by atoms with Crippen molar-refractivity contribution in [3.63, 3.8) is 0 Å². The van der Waals surface area contributed by atoms with Gasteiger partial charge in [0, 0.05) is 6.54 Å². The van der Waals surface area contributed by atoms with Gasteiger partial charge in [0.1, 0.15) is 24.2 Å². The van der Waals surface area contributed by atoms with Gasteiger partial charge in [0.15, 0.2) is 5.69 Å². The second kappa shape index (κ2) is 7.71. The van der Waals surface area contributed by atoms with E-state index in [9.17, 15) is 9.59 Å². The van der Waals surface area contributed by atoms with E-state index in [2.05, 4.69) is 9.97 Å². The van der Waals surface area contributed by atoms with Crippen LogP contribution in [-0.2, 0) is 4.74 Å². The van der Waals surface area contributed by atoms with Gasteiger partial charge in [0.25, 0.3) is 5.91 Å². The highest BCUT2D eigenvalue weighted by molar-refractivity contribution is 5.93. The number of aromatic nitrogens is 2. The third-order valence-electron chi connectivity index (χ3n) is 4.04. The summed E-state index contributed by atoms with van der Waals surface area (Å²) in [5.41, 5.74) is -0.656. The highest BCUT2D eigenvalue weighted by Gasteiger charge is 2.36. The number of carbonyl (C=O) groups excluding carboxylic acids is 1. The molecule has 8 heteroatoms. The number of carbonyl (C=O) groups is 2. The van der Waals surface area contributed by atoms with Crippen LogP contribution in [0.25, 0.3) is 0 Å². The molecule has 1 aliphatic heterocycles. The van der Waals surface area contributed by atoms with Crippen LogP contribution in [0.2, 0.25) is 0 Å². The largest absolute Gasteiger partial charge is 0.491 e. The minimum absolute atomic E-state index is 0.0976. The van der Waals surface area contributed by atoms with Crippen molar-refractivity contribution in [2.45, 2.75) is 25.6 Å². The Morgan fingerprint density at radius 3 is 2.52 bits per heavy atom. The second-order valence-electron chi connectivity index (χ2n) is 6.90. The summed E-state index contributed by atoms with van der Waals surface area (Å²) in [5.74, 6) is -0.773. The van der Waals surface area contributed by atoms with Crippen molar-refractivity contribution in [2.75, 3.05) is 19.7 Å². The van der Waals surface area contributed by atoms with Crippen molar-refractivity contribution in [3.8, 4) is 5.75 Å². The SMILES string of the molecule is CC1(C)CN(C(=O)c2cnc(C(=O)O)cn2)CC(COc2ccccc2)O1. The third-order valence-corrected chi connectivity index (χ3v) is 4.04. The standard InChI is InChI=1S/C19H21N3O5/c1-19(2)12-22(17(23)15-8-21-16(9-20-15)18(24)25)10-14(27-19)11-26-13-6-4-3-5-7-13/h3-9,14H,10-12H2,1-2H3,(H,24,25). The first kappa shape index (κ1) is 18.8.